The maximum Gasteiger partial charge on any atom is 0.264 e. The summed E-state index contributed by atoms with van der Waals surface area (Å²) in [5.74, 6) is -3.50. The Hall–Kier alpha value is -5.06. The number of ketones is 1. The average Bonchev–Trinajstić information content (AvgIpc) is 3.47. The summed E-state index contributed by atoms with van der Waals surface area (Å²) in [5.41, 5.74) is 2.05. The molecular formula is C29H22F3N5O3. The highest BCUT2D eigenvalue weighted by Crippen LogP contribution is 2.36. The van der Waals surface area contributed by atoms with Crippen LogP contribution in [-0.2, 0) is 11.3 Å². The monoisotopic (exact) mass is 545 g/mol. The van der Waals surface area contributed by atoms with Gasteiger partial charge in [0.2, 0.25) is 0 Å². The molecule has 202 valence electrons. The maximum atomic E-state index is 15.0. The summed E-state index contributed by atoms with van der Waals surface area (Å²) in [6, 6.07) is 6.20. The standard InChI is InChI=1S/C29H22F3N5O3/c1-16-24(35-14-34-16)11-19-27-23(32)8-17(10-25(27)36-28(19)39)4-2-3-5-26(38)20-12-33-15-37(29(20)40)13-18-6-7-21(30)22(31)9-18/h2,4,6-12,14-15H,3,5,13H2,1H3,(H,34,35)(H,36,39)/b4-2+,19-11-. The molecule has 0 saturated carbocycles. The number of benzene rings is 2. The number of H-pyrrole nitrogens is 1. The quantitative estimate of drug-likeness (QED) is 0.242. The largest absolute Gasteiger partial charge is 0.348 e. The number of nitrogens with zero attached hydrogens (tertiary/aromatic N) is 3. The van der Waals surface area contributed by atoms with Crippen LogP contribution in [0, 0.1) is 24.4 Å². The molecule has 0 spiro atoms. The Bertz CT molecular complexity index is 1770. The van der Waals surface area contributed by atoms with Gasteiger partial charge in [0.1, 0.15) is 11.4 Å². The van der Waals surface area contributed by atoms with Gasteiger partial charge >= 0.3 is 0 Å². The van der Waals surface area contributed by atoms with Gasteiger partial charge in [0.05, 0.1) is 36.2 Å². The lowest BCUT2D eigenvalue weighted by Gasteiger charge is -2.07. The first-order valence-corrected chi connectivity index (χ1v) is 12.3. The number of imidazole rings is 1. The number of carbonyl (C=O) groups is 2. The van der Waals surface area contributed by atoms with Gasteiger partial charge in [-0.25, -0.2) is 23.1 Å². The average molecular weight is 546 g/mol. The lowest BCUT2D eigenvalue weighted by atomic mass is 10.0. The minimum atomic E-state index is -1.04. The first-order valence-electron chi connectivity index (χ1n) is 12.3. The van der Waals surface area contributed by atoms with Crippen molar-refractivity contribution in [2.45, 2.75) is 26.3 Å². The van der Waals surface area contributed by atoms with E-state index in [1.807, 2.05) is 0 Å². The molecule has 0 fully saturated rings. The van der Waals surface area contributed by atoms with E-state index in [1.54, 1.807) is 25.1 Å². The fourth-order valence-electron chi connectivity index (χ4n) is 4.35. The summed E-state index contributed by atoms with van der Waals surface area (Å²) in [5, 5.41) is 2.67. The molecule has 3 heterocycles. The number of allylic oxidation sites excluding steroid dienone is 1. The van der Waals surface area contributed by atoms with E-state index in [1.165, 1.54) is 37.1 Å². The molecule has 1 aliphatic rings. The number of aryl methyl sites for hydroxylation is 1. The van der Waals surface area contributed by atoms with Crippen molar-refractivity contribution in [3.8, 4) is 0 Å². The number of hydrogen-bond donors (Lipinski definition) is 2. The Balaban J connectivity index is 1.26. The van der Waals surface area contributed by atoms with Gasteiger partial charge in [0.15, 0.2) is 17.4 Å². The van der Waals surface area contributed by atoms with Crippen molar-refractivity contribution >= 4 is 35.1 Å². The summed E-state index contributed by atoms with van der Waals surface area (Å²) < 4.78 is 42.8. The molecule has 0 aliphatic carbocycles. The molecule has 0 saturated heterocycles. The summed E-state index contributed by atoms with van der Waals surface area (Å²) in [6.45, 7) is 1.71. The van der Waals surface area contributed by atoms with Crippen molar-refractivity contribution in [3.05, 3.63) is 117 Å². The number of fused-ring (bicyclic) bond motifs is 1. The smallest absolute Gasteiger partial charge is 0.264 e. The number of carbonyl (C=O) groups excluding carboxylic acids is 2. The maximum absolute atomic E-state index is 15.0. The minimum Gasteiger partial charge on any atom is -0.348 e. The fourth-order valence-corrected chi connectivity index (χ4v) is 4.35. The SMILES string of the molecule is Cc1[nH]cnc1/C=C1\C(=O)Nc2cc(/C=C/CCC(=O)c3cncn(Cc4ccc(F)c(F)c4)c3=O)cc(F)c21. The molecule has 5 rings (SSSR count). The predicted molar refractivity (Wildman–Crippen MR) is 143 cm³/mol. The second kappa shape index (κ2) is 11.0. The van der Waals surface area contributed by atoms with Crippen LogP contribution in [0.1, 0.15) is 51.3 Å². The number of hydrogen-bond acceptors (Lipinski definition) is 5. The zero-order valence-electron chi connectivity index (χ0n) is 21.2. The molecule has 2 aromatic carbocycles. The third-order valence-electron chi connectivity index (χ3n) is 6.41. The van der Waals surface area contributed by atoms with E-state index in [0.29, 0.717) is 22.5 Å². The molecule has 40 heavy (non-hydrogen) atoms. The third kappa shape index (κ3) is 5.39. The van der Waals surface area contributed by atoms with Crippen molar-refractivity contribution in [2.75, 3.05) is 5.32 Å². The van der Waals surface area contributed by atoms with Gasteiger partial charge in [-0.05, 0) is 54.8 Å². The van der Waals surface area contributed by atoms with Crippen LogP contribution < -0.4 is 10.9 Å². The lowest BCUT2D eigenvalue weighted by molar-refractivity contribution is -0.110. The lowest BCUT2D eigenvalue weighted by Crippen LogP contribution is -2.27. The first-order chi connectivity index (χ1) is 19.2. The van der Waals surface area contributed by atoms with Crippen molar-refractivity contribution in [2.24, 2.45) is 0 Å². The highest BCUT2D eigenvalue weighted by atomic mass is 19.2. The van der Waals surface area contributed by atoms with Crippen LogP contribution in [0.4, 0.5) is 18.9 Å². The Morgan fingerprint density at radius 1 is 1.07 bits per heavy atom. The highest BCUT2D eigenvalue weighted by Gasteiger charge is 2.28. The Kier molecular flexibility index (Phi) is 7.28. The van der Waals surface area contributed by atoms with Gasteiger partial charge in [-0.1, -0.05) is 18.2 Å². The molecular weight excluding hydrogens is 523 g/mol. The summed E-state index contributed by atoms with van der Waals surface area (Å²) in [4.78, 5) is 48.9. The molecule has 2 aromatic heterocycles. The number of amides is 1. The zero-order chi connectivity index (χ0) is 28.4. The van der Waals surface area contributed by atoms with Gasteiger partial charge in [-0.15, -0.1) is 0 Å². The van der Waals surface area contributed by atoms with E-state index in [9.17, 15) is 23.2 Å². The summed E-state index contributed by atoms with van der Waals surface area (Å²) in [7, 11) is 0. The molecule has 1 amide bonds. The van der Waals surface area contributed by atoms with Crippen LogP contribution in [0.5, 0.6) is 0 Å². The molecule has 0 unspecified atom stereocenters. The topological polar surface area (TPSA) is 110 Å². The Morgan fingerprint density at radius 3 is 2.65 bits per heavy atom. The van der Waals surface area contributed by atoms with E-state index in [2.05, 4.69) is 20.3 Å². The van der Waals surface area contributed by atoms with Crippen LogP contribution in [-0.4, -0.2) is 31.2 Å². The predicted octanol–water partition coefficient (Wildman–Crippen LogP) is 4.91. The van der Waals surface area contributed by atoms with Crippen LogP contribution >= 0.6 is 0 Å². The summed E-state index contributed by atoms with van der Waals surface area (Å²) in [6.07, 6.45) is 8.94. The van der Waals surface area contributed by atoms with Crippen molar-refractivity contribution in [1.82, 2.24) is 19.5 Å². The van der Waals surface area contributed by atoms with E-state index in [0.717, 1.165) is 22.4 Å². The van der Waals surface area contributed by atoms with Gasteiger partial charge < -0.3 is 10.3 Å². The zero-order valence-corrected chi connectivity index (χ0v) is 21.2. The Morgan fingerprint density at radius 2 is 1.90 bits per heavy atom. The molecule has 0 radical (unpaired) electrons. The van der Waals surface area contributed by atoms with Crippen molar-refractivity contribution in [1.29, 1.82) is 0 Å². The van der Waals surface area contributed by atoms with Crippen LogP contribution in [0.2, 0.25) is 0 Å². The second-order valence-corrected chi connectivity index (χ2v) is 9.20. The number of nitrogens with one attached hydrogen (secondary N) is 2. The van der Waals surface area contributed by atoms with Crippen molar-refractivity contribution < 1.29 is 22.8 Å². The molecule has 0 atom stereocenters. The fraction of sp³-hybridized carbons (Fsp3) is 0.138. The first kappa shape index (κ1) is 26.5. The normalized spacial score (nSPS) is 13.7. The molecule has 1 aliphatic heterocycles. The third-order valence-corrected chi connectivity index (χ3v) is 6.41. The summed E-state index contributed by atoms with van der Waals surface area (Å²) >= 11 is 0. The van der Waals surface area contributed by atoms with E-state index >= 15 is 4.39 Å². The van der Waals surface area contributed by atoms with Crippen molar-refractivity contribution in [3.63, 3.8) is 0 Å². The highest BCUT2D eigenvalue weighted by molar-refractivity contribution is 6.35. The van der Waals surface area contributed by atoms with Crippen LogP contribution in [0.15, 0.2) is 60.1 Å². The number of rotatable bonds is 8. The molecule has 0 bridgehead atoms. The van der Waals surface area contributed by atoms with E-state index < -0.39 is 34.7 Å². The molecule has 11 heteroatoms. The molecule has 2 N–H and O–H groups in total. The number of aromatic nitrogens is 4. The van der Waals surface area contributed by atoms with Gasteiger partial charge in [0.25, 0.3) is 11.5 Å². The van der Waals surface area contributed by atoms with Gasteiger partial charge in [0, 0.05) is 23.9 Å². The molecule has 4 aromatic rings. The number of aromatic amines is 1. The number of Topliss-reactive ketones (excluding diaryl/α,β-unsaturated/α-hetero) is 1. The number of halogens is 3. The molecule has 8 nitrogen and oxygen atoms in total. The van der Waals surface area contributed by atoms with Crippen LogP contribution in [0.25, 0.3) is 17.7 Å². The number of anilines is 1. The van der Waals surface area contributed by atoms with E-state index in [-0.39, 0.29) is 36.1 Å². The Labute approximate surface area is 225 Å². The van der Waals surface area contributed by atoms with E-state index in [4.69, 9.17) is 0 Å². The van der Waals surface area contributed by atoms with Gasteiger partial charge in [-0.3, -0.25) is 19.0 Å². The van der Waals surface area contributed by atoms with Gasteiger partial charge in [-0.2, -0.15) is 0 Å². The second-order valence-electron chi connectivity index (χ2n) is 9.20. The van der Waals surface area contributed by atoms with Crippen LogP contribution in [0.3, 0.4) is 0 Å². The minimum absolute atomic E-state index is 0.0112.